The number of benzene rings is 1. The van der Waals surface area contributed by atoms with Gasteiger partial charge in [0, 0.05) is 23.5 Å². The van der Waals surface area contributed by atoms with Crippen molar-refractivity contribution in [2.75, 3.05) is 11.4 Å². The summed E-state index contributed by atoms with van der Waals surface area (Å²) < 4.78 is 15.4. The molecule has 0 radical (unpaired) electrons. The summed E-state index contributed by atoms with van der Waals surface area (Å²) in [7, 11) is 0. The summed E-state index contributed by atoms with van der Waals surface area (Å²) in [6.07, 6.45) is 4.14. The summed E-state index contributed by atoms with van der Waals surface area (Å²) in [6, 6.07) is 8.14. The molecular weight excluding hydrogens is 369 g/mol. The average Bonchev–Trinajstić information content (AvgIpc) is 3.27. The Morgan fingerprint density at radius 1 is 1.37 bits per heavy atom. The zero-order chi connectivity index (χ0) is 19.1. The van der Waals surface area contributed by atoms with Crippen LogP contribution in [0.1, 0.15) is 47.4 Å². The van der Waals surface area contributed by atoms with Crippen molar-refractivity contribution in [2.24, 2.45) is 0 Å². The van der Waals surface area contributed by atoms with E-state index >= 15 is 0 Å². The maximum atomic E-state index is 13.8. The number of rotatable bonds is 4. The molecule has 0 unspecified atom stereocenters. The van der Waals surface area contributed by atoms with Gasteiger partial charge in [0.2, 0.25) is 0 Å². The van der Waals surface area contributed by atoms with Crippen LogP contribution in [0.5, 0.6) is 0 Å². The number of nitrogens with zero attached hydrogens (tertiary/aromatic N) is 3. The van der Waals surface area contributed by atoms with Crippen LogP contribution in [0.4, 0.5) is 10.1 Å². The standard InChI is InChI=1S/C20H19ClFN3O2/c1-2-16-19(20(26)27)18-11-13(7-9-25(18)23-16)24-8-3-4-17(24)14-10-12(22)5-6-15(14)21/h5-7,9-11,17H,2-4,8H2,1H3,(H,26,27)/t17-/m1/s1. The Morgan fingerprint density at radius 2 is 2.19 bits per heavy atom. The van der Waals surface area contributed by atoms with Gasteiger partial charge in [0.05, 0.1) is 17.3 Å². The molecule has 3 aromatic rings. The van der Waals surface area contributed by atoms with E-state index in [9.17, 15) is 14.3 Å². The SMILES string of the molecule is CCc1nn2ccc(N3CCC[C@@H]3c3cc(F)ccc3Cl)cc2c1C(=O)O. The van der Waals surface area contributed by atoms with Crippen molar-refractivity contribution in [1.29, 1.82) is 0 Å². The molecule has 0 bridgehead atoms. The van der Waals surface area contributed by atoms with Crippen LogP contribution in [0.15, 0.2) is 36.5 Å². The predicted octanol–water partition coefficient (Wildman–Crippen LogP) is 4.73. The Bertz CT molecular complexity index is 1030. The van der Waals surface area contributed by atoms with Crippen LogP contribution in [0.25, 0.3) is 5.52 Å². The minimum atomic E-state index is -0.981. The highest BCUT2D eigenvalue weighted by Gasteiger charge is 2.29. The molecule has 0 saturated carbocycles. The van der Waals surface area contributed by atoms with Crippen molar-refractivity contribution >= 4 is 28.8 Å². The molecule has 1 saturated heterocycles. The summed E-state index contributed by atoms with van der Waals surface area (Å²) in [5.41, 5.74) is 3.00. The number of carbonyl (C=O) groups is 1. The number of aryl methyl sites for hydroxylation is 1. The summed E-state index contributed by atoms with van der Waals surface area (Å²) in [5.74, 6) is -1.29. The molecule has 4 rings (SSSR count). The Balaban J connectivity index is 1.80. The van der Waals surface area contributed by atoms with E-state index in [1.54, 1.807) is 16.8 Å². The van der Waals surface area contributed by atoms with E-state index < -0.39 is 5.97 Å². The fourth-order valence-electron chi connectivity index (χ4n) is 3.91. The number of aromatic carboxylic acids is 1. The lowest BCUT2D eigenvalue weighted by atomic mass is 10.0. The van der Waals surface area contributed by atoms with Crippen LogP contribution in [0.2, 0.25) is 5.02 Å². The van der Waals surface area contributed by atoms with Gasteiger partial charge in [-0.05, 0) is 55.2 Å². The fourth-order valence-corrected chi connectivity index (χ4v) is 4.16. The highest BCUT2D eigenvalue weighted by Crippen LogP contribution is 2.39. The zero-order valence-corrected chi connectivity index (χ0v) is 15.6. The lowest BCUT2D eigenvalue weighted by Gasteiger charge is -2.28. The van der Waals surface area contributed by atoms with Crippen LogP contribution in [-0.4, -0.2) is 27.2 Å². The molecule has 1 N–H and O–H groups in total. The van der Waals surface area contributed by atoms with Crippen LogP contribution >= 0.6 is 11.6 Å². The van der Waals surface area contributed by atoms with Crippen LogP contribution < -0.4 is 4.90 Å². The molecule has 140 valence electrons. The predicted molar refractivity (Wildman–Crippen MR) is 102 cm³/mol. The summed E-state index contributed by atoms with van der Waals surface area (Å²) in [4.78, 5) is 13.9. The smallest absolute Gasteiger partial charge is 0.339 e. The van der Waals surface area contributed by atoms with E-state index in [1.807, 2.05) is 19.1 Å². The zero-order valence-electron chi connectivity index (χ0n) is 14.8. The molecule has 1 atom stereocenters. The van der Waals surface area contributed by atoms with Crippen molar-refractivity contribution in [3.63, 3.8) is 0 Å². The molecule has 3 heterocycles. The lowest BCUT2D eigenvalue weighted by molar-refractivity contribution is 0.0698. The van der Waals surface area contributed by atoms with Crippen LogP contribution in [-0.2, 0) is 6.42 Å². The van der Waals surface area contributed by atoms with Gasteiger partial charge in [-0.2, -0.15) is 5.10 Å². The maximum Gasteiger partial charge on any atom is 0.339 e. The van der Waals surface area contributed by atoms with Crippen molar-refractivity contribution in [2.45, 2.75) is 32.2 Å². The monoisotopic (exact) mass is 387 g/mol. The van der Waals surface area contributed by atoms with Gasteiger partial charge in [-0.25, -0.2) is 13.7 Å². The second-order valence-electron chi connectivity index (χ2n) is 6.71. The molecule has 0 aliphatic carbocycles. The number of hydrogen-bond acceptors (Lipinski definition) is 3. The van der Waals surface area contributed by atoms with Gasteiger partial charge in [-0.3, -0.25) is 0 Å². The lowest BCUT2D eigenvalue weighted by Crippen LogP contribution is -2.23. The first-order valence-electron chi connectivity index (χ1n) is 8.95. The molecule has 27 heavy (non-hydrogen) atoms. The van der Waals surface area contributed by atoms with Gasteiger partial charge in [0.1, 0.15) is 11.4 Å². The summed E-state index contributed by atoms with van der Waals surface area (Å²) in [5, 5.41) is 14.5. The molecule has 1 aliphatic heterocycles. The number of aromatic nitrogens is 2. The van der Waals surface area contributed by atoms with E-state index in [0.717, 1.165) is 30.6 Å². The van der Waals surface area contributed by atoms with Crippen LogP contribution in [0.3, 0.4) is 0 Å². The number of anilines is 1. The molecule has 1 aromatic carbocycles. The Labute approximate surface area is 161 Å². The van der Waals surface area contributed by atoms with E-state index in [0.29, 0.717) is 22.7 Å². The Morgan fingerprint density at radius 3 is 2.93 bits per heavy atom. The number of halogens is 2. The highest BCUT2D eigenvalue weighted by atomic mass is 35.5. The first-order valence-corrected chi connectivity index (χ1v) is 9.33. The maximum absolute atomic E-state index is 13.8. The second-order valence-corrected chi connectivity index (χ2v) is 7.12. The molecule has 0 amide bonds. The van der Waals surface area contributed by atoms with Gasteiger partial charge in [-0.1, -0.05) is 18.5 Å². The van der Waals surface area contributed by atoms with Crippen molar-refractivity contribution in [1.82, 2.24) is 9.61 Å². The third kappa shape index (κ3) is 3.04. The average molecular weight is 388 g/mol. The number of fused-ring (bicyclic) bond motifs is 1. The first-order chi connectivity index (χ1) is 13.0. The van der Waals surface area contributed by atoms with Crippen molar-refractivity contribution in [3.8, 4) is 0 Å². The third-order valence-corrected chi connectivity index (χ3v) is 5.49. The Kier molecular flexibility index (Phi) is 4.52. The summed E-state index contributed by atoms with van der Waals surface area (Å²) in [6.45, 7) is 2.68. The fraction of sp³-hybridized carbons (Fsp3) is 0.300. The third-order valence-electron chi connectivity index (χ3n) is 5.14. The normalized spacial score (nSPS) is 17.0. The minimum absolute atomic E-state index is 0.0440. The summed E-state index contributed by atoms with van der Waals surface area (Å²) >= 11 is 6.33. The molecule has 2 aromatic heterocycles. The topological polar surface area (TPSA) is 57.8 Å². The van der Waals surface area contributed by atoms with Gasteiger partial charge in [0.25, 0.3) is 0 Å². The molecule has 1 aliphatic rings. The minimum Gasteiger partial charge on any atom is -0.478 e. The van der Waals surface area contributed by atoms with Gasteiger partial charge < -0.3 is 10.0 Å². The first kappa shape index (κ1) is 17.8. The van der Waals surface area contributed by atoms with Gasteiger partial charge in [0.15, 0.2) is 0 Å². The van der Waals surface area contributed by atoms with E-state index in [1.165, 1.54) is 12.1 Å². The van der Waals surface area contributed by atoms with Crippen molar-refractivity contribution in [3.05, 3.63) is 64.2 Å². The Hall–Kier alpha value is -2.60. The van der Waals surface area contributed by atoms with E-state index in [-0.39, 0.29) is 17.4 Å². The number of pyridine rings is 1. The van der Waals surface area contributed by atoms with E-state index in [2.05, 4.69) is 10.00 Å². The largest absolute Gasteiger partial charge is 0.478 e. The van der Waals surface area contributed by atoms with Gasteiger partial charge >= 0.3 is 5.97 Å². The van der Waals surface area contributed by atoms with Crippen LogP contribution in [0, 0.1) is 5.82 Å². The number of hydrogen-bond donors (Lipinski definition) is 1. The number of carboxylic acids is 1. The van der Waals surface area contributed by atoms with E-state index in [4.69, 9.17) is 11.6 Å². The molecule has 0 spiro atoms. The second kappa shape index (κ2) is 6.85. The quantitative estimate of drug-likeness (QED) is 0.703. The molecule has 5 nitrogen and oxygen atoms in total. The van der Waals surface area contributed by atoms with Crippen molar-refractivity contribution < 1.29 is 14.3 Å². The molecule has 7 heteroatoms. The van der Waals surface area contributed by atoms with Gasteiger partial charge in [-0.15, -0.1) is 0 Å². The highest BCUT2D eigenvalue weighted by molar-refractivity contribution is 6.31. The molecular formula is C20H19ClFN3O2. The molecule has 1 fully saturated rings. The number of carboxylic acid groups (broad SMARTS) is 1.